The van der Waals surface area contributed by atoms with E-state index < -0.39 is 5.91 Å². The summed E-state index contributed by atoms with van der Waals surface area (Å²) in [5, 5.41) is 0. The van der Waals surface area contributed by atoms with E-state index in [9.17, 15) is 4.79 Å². The second-order valence-electron chi connectivity index (χ2n) is 3.04. The number of hydrogen-bond acceptors (Lipinski definition) is 3. The molecule has 0 atom stereocenters. The Morgan fingerprint density at radius 3 is 3.00 bits per heavy atom. The van der Waals surface area contributed by atoms with E-state index >= 15 is 0 Å². The van der Waals surface area contributed by atoms with Crippen LogP contribution in [0.15, 0.2) is 24.9 Å². The van der Waals surface area contributed by atoms with Crippen LogP contribution in [0.1, 0.15) is 18.2 Å². The topological polar surface area (TPSA) is 65.2 Å². The number of primary amides is 1. The van der Waals surface area contributed by atoms with Crippen LogP contribution in [0.25, 0.3) is 5.76 Å². The van der Waals surface area contributed by atoms with Crippen LogP contribution in [-0.2, 0) is 16.0 Å². The second kappa shape index (κ2) is 5.14. The standard InChI is InChI=1S/C11H14N2O2/c1-3-15-8(2)9-4-5-13-10(6-9)7-11(12)14/h4-6H,2-3,7H2,1H3,(H2,12,14). The molecule has 0 saturated carbocycles. The number of pyridine rings is 1. The summed E-state index contributed by atoms with van der Waals surface area (Å²) >= 11 is 0. The largest absolute Gasteiger partial charge is 0.494 e. The summed E-state index contributed by atoms with van der Waals surface area (Å²) in [6.45, 7) is 6.22. The van der Waals surface area contributed by atoms with Crippen molar-refractivity contribution in [2.45, 2.75) is 13.3 Å². The van der Waals surface area contributed by atoms with E-state index in [2.05, 4.69) is 11.6 Å². The van der Waals surface area contributed by atoms with Crippen molar-refractivity contribution < 1.29 is 9.53 Å². The van der Waals surface area contributed by atoms with Crippen molar-refractivity contribution in [3.8, 4) is 0 Å². The Kier molecular flexibility index (Phi) is 3.85. The third-order valence-corrected chi connectivity index (χ3v) is 1.81. The summed E-state index contributed by atoms with van der Waals surface area (Å²) in [6, 6.07) is 3.53. The maximum Gasteiger partial charge on any atom is 0.223 e. The van der Waals surface area contributed by atoms with Gasteiger partial charge in [0.1, 0.15) is 5.76 Å². The Bertz CT molecular complexity index is 375. The Morgan fingerprint density at radius 1 is 1.67 bits per heavy atom. The number of hydrogen-bond donors (Lipinski definition) is 1. The molecule has 0 fully saturated rings. The number of nitrogens with two attached hydrogens (primary N) is 1. The maximum atomic E-state index is 10.7. The molecule has 4 heteroatoms. The Labute approximate surface area is 88.8 Å². The fourth-order valence-electron chi connectivity index (χ4n) is 1.18. The lowest BCUT2D eigenvalue weighted by Crippen LogP contribution is -2.14. The van der Waals surface area contributed by atoms with Gasteiger partial charge in [-0.1, -0.05) is 6.58 Å². The monoisotopic (exact) mass is 206 g/mol. The summed E-state index contributed by atoms with van der Waals surface area (Å²) < 4.78 is 5.25. The lowest BCUT2D eigenvalue weighted by atomic mass is 10.1. The van der Waals surface area contributed by atoms with Gasteiger partial charge in [-0.25, -0.2) is 0 Å². The molecule has 0 aromatic carbocycles. The zero-order valence-corrected chi connectivity index (χ0v) is 8.69. The number of rotatable bonds is 5. The molecule has 0 unspecified atom stereocenters. The summed E-state index contributed by atoms with van der Waals surface area (Å²) in [5.74, 6) is 0.173. The summed E-state index contributed by atoms with van der Waals surface area (Å²) in [6.07, 6.45) is 1.74. The molecule has 0 bridgehead atoms. The van der Waals surface area contributed by atoms with Crippen LogP contribution in [0.3, 0.4) is 0 Å². The molecule has 4 nitrogen and oxygen atoms in total. The van der Waals surface area contributed by atoms with Crippen molar-refractivity contribution in [2.24, 2.45) is 5.73 Å². The number of carbonyl (C=O) groups is 1. The average Bonchev–Trinajstić information content (AvgIpc) is 2.17. The number of amides is 1. The predicted octanol–water partition coefficient (Wildman–Crippen LogP) is 1.12. The summed E-state index contributed by atoms with van der Waals surface area (Å²) in [5.41, 5.74) is 6.52. The van der Waals surface area contributed by atoms with Gasteiger partial charge in [0.05, 0.1) is 18.7 Å². The van der Waals surface area contributed by atoms with Gasteiger partial charge >= 0.3 is 0 Å². The minimum Gasteiger partial charge on any atom is -0.494 e. The molecule has 1 heterocycles. The van der Waals surface area contributed by atoms with Gasteiger partial charge in [-0.15, -0.1) is 0 Å². The molecule has 2 N–H and O–H groups in total. The molecule has 15 heavy (non-hydrogen) atoms. The summed E-state index contributed by atoms with van der Waals surface area (Å²) in [7, 11) is 0. The normalized spacial score (nSPS) is 9.67. The maximum absolute atomic E-state index is 10.7. The molecule has 0 aliphatic rings. The summed E-state index contributed by atoms with van der Waals surface area (Å²) in [4.78, 5) is 14.7. The first kappa shape index (κ1) is 11.2. The highest BCUT2D eigenvalue weighted by molar-refractivity contribution is 5.76. The van der Waals surface area contributed by atoms with E-state index in [-0.39, 0.29) is 6.42 Å². The van der Waals surface area contributed by atoms with Crippen molar-refractivity contribution in [3.63, 3.8) is 0 Å². The average molecular weight is 206 g/mol. The molecule has 0 spiro atoms. The van der Waals surface area contributed by atoms with E-state index in [1.54, 1.807) is 18.3 Å². The van der Waals surface area contributed by atoms with Gasteiger partial charge in [0.15, 0.2) is 0 Å². The molecular formula is C11H14N2O2. The Balaban J connectivity index is 2.82. The van der Waals surface area contributed by atoms with Gasteiger partial charge in [-0.05, 0) is 19.1 Å². The van der Waals surface area contributed by atoms with Crippen LogP contribution in [-0.4, -0.2) is 17.5 Å². The van der Waals surface area contributed by atoms with E-state index in [0.717, 1.165) is 5.56 Å². The van der Waals surface area contributed by atoms with Crippen LogP contribution in [0.2, 0.25) is 0 Å². The van der Waals surface area contributed by atoms with E-state index in [1.807, 2.05) is 6.92 Å². The first-order valence-electron chi connectivity index (χ1n) is 4.68. The highest BCUT2D eigenvalue weighted by Gasteiger charge is 2.04. The molecule has 1 aromatic heterocycles. The van der Waals surface area contributed by atoms with Gasteiger partial charge < -0.3 is 10.5 Å². The number of carbonyl (C=O) groups excluding carboxylic acids is 1. The van der Waals surface area contributed by atoms with Gasteiger partial charge in [0.25, 0.3) is 0 Å². The molecule has 0 saturated heterocycles. The molecule has 1 rings (SSSR count). The molecular weight excluding hydrogens is 192 g/mol. The van der Waals surface area contributed by atoms with Crippen molar-refractivity contribution in [3.05, 3.63) is 36.2 Å². The molecule has 0 aliphatic carbocycles. The predicted molar refractivity (Wildman–Crippen MR) is 57.8 cm³/mol. The van der Waals surface area contributed by atoms with Crippen molar-refractivity contribution in [2.75, 3.05) is 6.61 Å². The van der Waals surface area contributed by atoms with Crippen molar-refractivity contribution in [1.29, 1.82) is 0 Å². The van der Waals surface area contributed by atoms with E-state index in [1.165, 1.54) is 0 Å². The zero-order chi connectivity index (χ0) is 11.3. The van der Waals surface area contributed by atoms with E-state index in [4.69, 9.17) is 10.5 Å². The first-order chi connectivity index (χ1) is 7.13. The molecule has 0 aliphatic heterocycles. The van der Waals surface area contributed by atoms with Crippen LogP contribution < -0.4 is 5.73 Å². The van der Waals surface area contributed by atoms with Gasteiger partial charge in [0, 0.05) is 11.8 Å². The van der Waals surface area contributed by atoms with Gasteiger partial charge in [0.2, 0.25) is 5.91 Å². The number of aromatic nitrogens is 1. The quantitative estimate of drug-likeness (QED) is 0.734. The van der Waals surface area contributed by atoms with Crippen LogP contribution in [0, 0.1) is 0 Å². The first-order valence-corrected chi connectivity index (χ1v) is 4.68. The highest BCUT2D eigenvalue weighted by atomic mass is 16.5. The fourth-order valence-corrected chi connectivity index (χ4v) is 1.18. The third kappa shape index (κ3) is 3.42. The molecule has 1 amide bonds. The van der Waals surface area contributed by atoms with Crippen molar-refractivity contribution in [1.82, 2.24) is 4.98 Å². The van der Waals surface area contributed by atoms with Gasteiger partial charge in [-0.2, -0.15) is 0 Å². The fraction of sp³-hybridized carbons (Fsp3) is 0.273. The second-order valence-corrected chi connectivity index (χ2v) is 3.04. The Morgan fingerprint density at radius 2 is 2.40 bits per heavy atom. The lowest BCUT2D eigenvalue weighted by Gasteiger charge is -2.07. The minimum atomic E-state index is -0.401. The Hall–Kier alpha value is -1.84. The van der Waals surface area contributed by atoms with Crippen LogP contribution in [0.4, 0.5) is 0 Å². The molecule has 1 aromatic rings. The van der Waals surface area contributed by atoms with Crippen LogP contribution in [0.5, 0.6) is 0 Å². The zero-order valence-electron chi connectivity index (χ0n) is 8.69. The van der Waals surface area contributed by atoms with Crippen LogP contribution >= 0.6 is 0 Å². The highest BCUT2D eigenvalue weighted by Crippen LogP contribution is 2.13. The number of ether oxygens (including phenoxy) is 1. The van der Waals surface area contributed by atoms with Crippen molar-refractivity contribution >= 4 is 11.7 Å². The van der Waals surface area contributed by atoms with E-state index in [0.29, 0.717) is 18.1 Å². The minimum absolute atomic E-state index is 0.132. The lowest BCUT2D eigenvalue weighted by molar-refractivity contribution is -0.117. The SMILES string of the molecule is C=C(OCC)c1ccnc(CC(N)=O)c1. The molecule has 80 valence electrons. The smallest absolute Gasteiger partial charge is 0.223 e. The van der Waals surface area contributed by atoms with Gasteiger partial charge in [-0.3, -0.25) is 9.78 Å². The third-order valence-electron chi connectivity index (χ3n) is 1.81. The number of nitrogens with zero attached hydrogens (tertiary/aromatic N) is 1. The molecule has 0 radical (unpaired) electrons.